The summed E-state index contributed by atoms with van der Waals surface area (Å²) in [7, 11) is 1.61. The molecule has 0 aromatic carbocycles. The Labute approximate surface area is 113 Å². The van der Waals surface area contributed by atoms with Gasteiger partial charge in [-0.15, -0.1) is 0 Å². The van der Waals surface area contributed by atoms with Crippen molar-refractivity contribution >= 4 is 11.7 Å². The molecule has 1 aromatic heterocycles. The summed E-state index contributed by atoms with van der Waals surface area (Å²) in [6.45, 7) is 4.39. The Morgan fingerprint density at radius 1 is 1.32 bits per heavy atom. The van der Waals surface area contributed by atoms with Crippen molar-refractivity contribution in [3.05, 3.63) is 18.0 Å². The maximum atomic E-state index is 11.9. The molecule has 108 valence electrons. The van der Waals surface area contributed by atoms with Crippen LogP contribution >= 0.6 is 0 Å². The SMILES string of the molecule is CCCn1cc(N)cc1C(=O)OCCOCCOC. The lowest BCUT2D eigenvalue weighted by Crippen LogP contribution is -2.15. The second kappa shape index (κ2) is 8.55. The zero-order valence-electron chi connectivity index (χ0n) is 11.6. The minimum atomic E-state index is -0.375. The Bertz CT molecular complexity index is 390. The van der Waals surface area contributed by atoms with E-state index in [4.69, 9.17) is 19.9 Å². The van der Waals surface area contributed by atoms with E-state index in [0.717, 1.165) is 13.0 Å². The number of nitrogens with zero attached hydrogens (tertiary/aromatic N) is 1. The molecule has 0 radical (unpaired) electrons. The molecule has 0 bridgehead atoms. The summed E-state index contributed by atoms with van der Waals surface area (Å²) < 4.78 is 17.0. The number of hydrogen-bond acceptors (Lipinski definition) is 5. The lowest BCUT2D eigenvalue weighted by atomic mass is 10.4. The van der Waals surface area contributed by atoms with Crippen molar-refractivity contribution in [2.45, 2.75) is 19.9 Å². The maximum absolute atomic E-state index is 11.9. The monoisotopic (exact) mass is 270 g/mol. The third-order valence-corrected chi connectivity index (χ3v) is 2.48. The molecule has 6 nitrogen and oxygen atoms in total. The van der Waals surface area contributed by atoms with Crippen molar-refractivity contribution < 1.29 is 19.0 Å². The molecule has 1 heterocycles. The molecule has 19 heavy (non-hydrogen) atoms. The van der Waals surface area contributed by atoms with Crippen LogP contribution in [0.15, 0.2) is 12.3 Å². The maximum Gasteiger partial charge on any atom is 0.355 e. The molecule has 0 unspecified atom stereocenters. The lowest BCUT2D eigenvalue weighted by Gasteiger charge is -2.08. The summed E-state index contributed by atoms with van der Waals surface area (Å²) in [5.41, 5.74) is 6.74. The molecule has 0 amide bonds. The number of nitrogen functional groups attached to an aromatic ring is 1. The van der Waals surface area contributed by atoms with E-state index in [9.17, 15) is 4.79 Å². The topological polar surface area (TPSA) is 75.7 Å². The Kier molecular flexibility index (Phi) is 6.99. The van der Waals surface area contributed by atoms with Crippen molar-refractivity contribution in [2.24, 2.45) is 0 Å². The van der Waals surface area contributed by atoms with Gasteiger partial charge in [-0.05, 0) is 12.5 Å². The fourth-order valence-corrected chi connectivity index (χ4v) is 1.64. The summed E-state index contributed by atoms with van der Waals surface area (Å²) in [5, 5.41) is 0. The van der Waals surface area contributed by atoms with E-state index < -0.39 is 0 Å². The summed E-state index contributed by atoms with van der Waals surface area (Å²) in [4.78, 5) is 11.9. The standard InChI is InChI=1S/C13H22N2O4/c1-3-4-15-10-11(14)9-12(15)13(16)19-8-7-18-6-5-17-2/h9-10H,3-8,14H2,1-2H3. The predicted molar refractivity (Wildman–Crippen MR) is 72.1 cm³/mol. The zero-order chi connectivity index (χ0) is 14.1. The average Bonchev–Trinajstić information content (AvgIpc) is 2.75. The molecular weight excluding hydrogens is 248 g/mol. The van der Waals surface area contributed by atoms with E-state index in [1.807, 2.05) is 11.5 Å². The van der Waals surface area contributed by atoms with E-state index in [-0.39, 0.29) is 12.6 Å². The number of carbonyl (C=O) groups excluding carboxylic acids is 1. The molecule has 0 saturated carbocycles. The number of aromatic nitrogens is 1. The van der Waals surface area contributed by atoms with Crippen LogP contribution in [0.1, 0.15) is 23.8 Å². The van der Waals surface area contributed by atoms with Crippen LogP contribution in [0.5, 0.6) is 0 Å². The number of rotatable bonds is 9. The molecular formula is C13H22N2O4. The normalized spacial score (nSPS) is 10.6. The molecule has 6 heteroatoms. The minimum Gasteiger partial charge on any atom is -0.459 e. The van der Waals surface area contributed by atoms with E-state index in [0.29, 0.717) is 31.2 Å². The van der Waals surface area contributed by atoms with Gasteiger partial charge in [0.2, 0.25) is 0 Å². The fourth-order valence-electron chi connectivity index (χ4n) is 1.64. The number of carbonyl (C=O) groups is 1. The summed E-state index contributed by atoms with van der Waals surface area (Å²) in [6, 6.07) is 1.63. The number of hydrogen-bond donors (Lipinski definition) is 1. The van der Waals surface area contributed by atoms with Gasteiger partial charge in [0, 0.05) is 19.9 Å². The van der Waals surface area contributed by atoms with Gasteiger partial charge in [-0.25, -0.2) is 4.79 Å². The zero-order valence-corrected chi connectivity index (χ0v) is 11.6. The van der Waals surface area contributed by atoms with Crippen molar-refractivity contribution in [1.29, 1.82) is 0 Å². The summed E-state index contributed by atoms with van der Waals surface area (Å²) >= 11 is 0. The lowest BCUT2D eigenvalue weighted by molar-refractivity contribution is 0.0206. The van der Waals surface area contributed by atoms with Gasteiger partial charge in [0.25, 0.3) is 0 Å². The first kappa shape index (κ1) is 15.5. The third kappa shape index (κ3) is 5.32. The number of anilines is 1. The van der Waals surface area contributed by atoms with E-state index in [1.54, 1.807) is 19.4 Å². The highest BCUT2D eigenvalue weighted by Crippen LogP contribution is 2.12. The highest BCUT2D eigenvalue weighted by atomic mass is 16.6. The fraction of sp³-hybridized carbons (Fsp3) is 0.615. The van der Waals surface area contributed by atoms with Gasteiger partial charge >= 0.3 is 5.97 Å². The van der Waals surface area contributed by atoms with E-state index >= 15 is 0 Å². The molecule has 0 aliphatic rings. The minimum absolute atomic E-state index is 0.222. The number of ether oxygens (including phenoxy) is 3. The van der Waals surface area contributed by atoms with Gasteiger partial charge < -0.3 is 24.5 Å². The smallest absolute Gasteiger partial charge is 0.355 e. The van der Waals surface area contributed by atoms with Gasteiger partial charge in [0.15, 0.2) is 0 Å². The van der Waals surface area contributed by atoms with Crippen molar-refractivity contribution in [2.75, 3.05) is 39.3 Å². The van der Waals surface area contributed by atoms with Gasteiger partial charge in [-0.3, -0.25) is 0 Å². The van der Waals surface area contributed by atoms with Crippen molar-refractivity contribution in [3.63, 3.8) is 0 Å². The first-order chi connectivity index (χ1) is 9.19. The number of esters is 1. The number of nitrogens with two attached hydrogens (primary N) is 1. The molecule has 0 aliphatic heterocycles. The Hall–Kier alpha value is -1.53. The van der Waals surface area contributed by atoms with Gasteiger partial charge in [0.05, 0.1) is 25.5 Å². The first-order valence-electron chi connectivity index (χ1n) is 6.38. The second-order valence-electron chi connectivity index (χ2n) is 4.09. The van der Waals surface area contributed by atoms with E-state index in [1.165, 1.54) is 0 Å². The number of aryl methyl sites for hydroxylation is 1. The molecule has 2 N–H and O–H groups in total. The highest BCUT2D eigenvalue weighted by molar-refractivity contribution is 5.89. The van der Waals surface area contributed by atoms with Crippen LogP contribution in [0.4, 0.5) is 5.69 Å². The Balaban J connectivity index is 2.36. The van der Waals surface area contributed by atoms with Crippen molar-refractivity contribution in [1.82, 2.24) is 4.57 Å². The summed E-state index contributed by atoms with van der Waals surface area (Å²) in [6.07, 6.45) is 2.67. The first-order valence-corrected chi connectivity index (χ1v) is 6.38. The molecule has 1 rings (SSSR count). The van der Waals surface area contributed by atoms with Crippen LogP contribution in [0.25, 0.3) is 0 Å². The average molecular weight is 270 g/mol. The van der Waals surface area contributed by atoms with Crippen LogP contribution in [0.3, 0.4) is 0 Å². The quantitative estimate of drug-likeness (QED) is 0.540. The molecule has 1 aromatic rings. The summed E-state index contributed by atoms with van der Waals surface area (Å²) in [5.74, 6) is -0.375. The van der Waals surface area contributed by atoms with Crippen LogP contribution in [-0.2, 0) is 20.8 Å². The van der Waals surface area contributed by atoms with Crippen LogP contribution in [0.2, 0.25) is 0 Å². The molecule has 0 fully saturated rings. The van der Waals surface area contributed by atoms with Crippen molar-refractivity contribution in [3.8, 4) is 0 Å². The predicted octanol–water partition coefficient (Wildman–Crippen LogP) is 1.30. The van der Waals surface area contributed by atoms with Crippen LogP contribution in [0, 0.1) is 0 Å². The molecule has 0 aliphatic carbocycles. The highest BCUT2D eigenvalue weighted by Gasteiger charge is 2.13. The van der Waals surface area contributed by atoms with E-state index in [2.05, 4.69) is 0 Å². The van der Waals surface area contributed by atoms with Gasteiger partial charge in [-0.2, -0.15) is 0 Å². The third-order valence-electron chi connectivity index (χ3n) is 2.48. The van der Waals surface area contributed by atoms with Crippen LogP contribution < -0.4 is 5.73 Å². The largest absolute Gasteiger partial charge is 0.459 e. The molecule has 0 saturated heterocycles. The molecule has 0 spiro atoms. The van der Waals surface area contributed by atoms with Gasteiger partial charge in [0.1, 0.15) is 12.3 Å². The second-order valence-corrected chi connectivity index (χ2v) is 4.09. The van der Waals surface area contributed by atoms with Gasteiger partial charge in [-0.1, -0.05) is 6.92 Å². The Morgan fingerprint density at radius 3 is 2.74 bits per heavy atom. The van der Waals surface area contributed by atoms with Crippen LogP contribution in [-0.4, -0.2) is 44.1 Å². The molecule has 0 atom stereocenters. The Morgan fingerprint density at radius 2 is 2.05 bits per heavy atom. The number of methoxy groups -OCH3 is 1.